The van der Waals surface area contributed by atoms with Gasteiger partial charge in [0.25, 0.3) is 0 Å². The van der Waals surface area contributed by atoms with Gasteiger partial charge in [-0.15, -0.1) is 0 Å². The van der Waals surface area contributed by atoms with Crippen LogP contribution in [-0.2, 0) is 4.79 Å². The molecular formula is C28H37N3O3. The fourth-order valence-electron chi connectivity index (χ4n) is 7.84. The van der Waals surface area contributed by atoms with E-state index in [0.29, 0.717) is 30.8 Å². The number of hydrogen-bond acceptors (Lipinski definition) is 3. The molecule has 2 aliphatic heterocycles. The maximum Gasteiger partial charge on any atom is 0.320 e. The number of rotatable bonds is 3. The summed E-state index contributed by atoms with van der Waals surface area (Å²) in [4.78, 5) is 30.7. The lowest BCUT2D eigenvalue weighted by molar-refractivity contribution is -0.163. The second-order valence-electron chi connectivity index (χ2n) is 11.6. The van der Waals surface area contributed by atoms with Gasteiger partial charge in [-0.2, -0.15) is 0 Å². The van der Waals surface area contributed by atoms with Crippen LogP contribution in [0.25, 0.3) is 5.57 Å². The van der Waals surface area contributed by atoms with E-state index in [1.165, 1.54) is 11.1 Å². The Morgan fingerprint density at radius 2 is 1.76 bits per heavy atom. The van der Waals surface area contributed by atoms with Gasteiger partial charge in [0.2, 0.25) is 5.91 Å². The van der Waals surface area contributed by atoms with Crippen LogP contribution in [-0.4, -0.2) is 65.2 Å². The second-order valence-corrected chi connectivity index (χ2v) is 11.6. The number of amides is 3. The number of piperidine rings is 1. The van der Waals surface area contributed by atoms with Crippen molar-refractivity contribution in [3.05, 3.63) is 42.0 Å². The van der Waals surface area contributed by atoms with Crippen LogP contribution in [0.4, 0.5) is 4.79 Å². The number of hydrogen-bond donors (Lipinski definition) is 2. The summed E-state index contributed by atoms with van der Waals surface area (Å²) in [5, 5.41) is 13.9. The minimum Gasteiger partial charge on any atom is -0.393 e. The lowest BCUT2D eigenvalue weighted by Crippen LogP contribution is -2.61. The minimum atomic E-state index is -0.284. The summed E-state index contributed by atoms with van der Waals surface area (Å²) in [6.07, 6.45) is 9.56. The van der Waals surface area contributed by atoms with E-state index in [0.717, 1.165) is 64.5 Å². The van der Waals surface area contributed by atoms with Crippen LogP contribution in [0.1, 0.15) is 56.9 Å². The first-order valence-corrected chi connectivity index (χ1v) is 13.3. The van der Waals surface area contributed by atoms with Crippen molar-refractivity contribution in [3.8, 4) is 0 Å². The van der Waals surface area contributed by atoms with Crippen molar-refractivity contribution < 1.29 is 14.7 Å². The maximum absolute atomic E-state index is 13.5. The van der Waals surface area contributed by atoms with Crippen molar-refractivity contribution in [2.24, 2.45) is 23.2 Å². The van der Waals surface area contributed by atoms with Gasteiger partial charge in [-0.3, -0.25) is 4.79 Å². The number of benzene rings is 1. The molecule has 4 saturated carbocycles. The van der Waals surface area contributed by atoms with Crippen LogP contribution < -0.4 is 5.32 Å². The lowest BCUT2D eigenvalue weighted by atomic mass is 9.48. The molecule has 2 heterocycles. The molecule has 6 aliphatic rings. The highest BCUT2D eigenvalue weighted by molar-refractivity contribution is 5.84. The summed E-state index contributed by atoms with van der Waals surface area (Å²) in [5.74, 6) is 1.39. The average molecular weight is 464 g/mol. The van der Waals surface area contributed by atoms with Gasteiger partial charge in [-0.1, -0.05) is 36.4 Å². The van der Waals surface area contributed by atoms with Crippen LogP contribution in [0.2, 0.25) is 0 Å². The molecule has 1 aromatic carbocycles. The van der Waals surface area contributed by atoms with Crippen molar-refractivity contribution in [2.45, 2.75) is 63.5 Å². The van der Waals surface area contributed by atoms with E-state index in [2.05, 4.69) is 35.7 Å². The first-order chi connectivity index (χ1) is 16.5. The molecular weight excluding hydrogens is 426 g/mol. The lowest BCUT2D eigenvalue weighted by Gasteiger charge is -2.58. The van der Waals surface area contributed by atoms with Gasteiger partial charge in [-0.05, 0) is 80.3 Å². The molecule has 4 aliphatic carbocycles. The molecule has 1 saturated heterocycles. The monoisotopic (exact) mass is 463 g/mol. The molecule has 0 aromatic heterocycles. The van der Waals surface area contributed by atoms with Crippen LogP contribution in [0, 0.1) is 23.2 Å². The predicted octanol–water partition coefficient (Wildman–Crippen LogP) is 3.66. The minimum absolute atomic E-state index is 0.0309. The zero-order chi connectivity index (χ0) is 23.3. The van der Waals surface area contributed by atoms with Gasteiger partial charge < -0.3 is 20.2 Å². The maximum atomic E-state index is 13.5. The third-order valence-electron chi connectivity index (χ3n) is 9.36. The summed E-state index contributed by atoms with van der Waals surface area (Å²) < 4.78 is 0. The summed E-state index contributed by atoms with van der Waals surface area (Å²) in [6, 6.07) is 10.5. The van der Waals surface area contributed by atoms with E-state index in [4.69, 9.17) is 0 Å². The molecule has 6 nitrogen and oxygen atoms in total. The number of carbonyl (C=O) groups excluding carboxylic acids is 2. The second kappa shape index (κ2) is 8.71. The molecule has 182 valence electrons. The molecule has 0 radical (unpaired) electrons. The highest BCUT2D eigenvalue weighted by Crippen LogP contribution is 2.60. The van der Waals surface area contributed by atoms with Crippen molar-refractivity contribution >= 4 is 17.5 Å². The summed E-state index contributed by atoms with van der Waals surface area (Å²) >= 11 is 0. The number of nitrogens with one attached hydrogen (secondary N) is 1. The third kappa shape index (κ3) is 3.94. The fraction of sp³-hybridized carbons (Fsp3) is 0.643. The van der Waals surface area contributed by atoms with Crippen molar-refractivity contribution in [1.82, 2.24) is 15.1 Å². The Labute approximate surface area is 202 Å². The predicted molar refractivity (Wildman–Crippen MR) is 131 cm³/mol. The Bertz CT molecular complexity index is 960. The molecule has 4 bridgehead atoms. The quantitative estimate of drug-likeness (QED) is 0.719. The van der Waals surface area contributed by atoms with Gasteiger partial charge in [0.05, 0.1) is 11.5 Å². The standard InChI is InChI=1S/C28H37N3O3/c32-25-22-13-19-14-23(25)17-28(15-19,16-22)26(33)29-24-7-4-10-31(18-24)27(34)30-11-8-21(9-12-30)20-5-2-1-3-6-20/h1-3,5-6,8,19,22-25,32H,4,7,9-18H2,(H,29,33)/t19?,22?,23?,24-,25?,28?/m0/s1. The van der Waals surface area contributed by atoms with E-state index >= 15 is 0 Å². The molecule has 2 N–H and O–H groups in total. The van der Waals surface area contributed by atoms with Crippen molar-refractivity contribution in [2.75, 3.05) is 26.2 Å². The molecule has 3 amide bonds. The molecule has 6 heteroatoms. The van der Waals surface area contributed by atoms with Gasteiger partial charge in [-0.25, -0.2) is 4.79 Å². The number of urea groups is 1. The Hall–Kier alpha value is -2.34. The van der Waals surface area contributed by atoms with E-state index in [1.54, 1.807) is 0 Å². The zero-order valence-electron chi connectivity index (χ0n) is 20.0. The van der Waals surface area contributed by atoms with E-state index < -0.39 is 0 Å². The van der Waals surface area contributed by atoms with Gasteiger partial charge in [0.15, 0.2) is 0 Å². The number of likely N-dealkylation sites (tertiary alicyclic amines) is 1. The molecule has 0 spiro atoms. The highest BCUT2D eigenvalue weighted by atomic mass is 16.3. The molecule has 7 rings (SSSR count). The topological polar surface area (TPSA) is 72.9 Å². The van der Waals surface area contributed by atoms with Crippen molar-refractivity contribution in [3.63, 3.8) is 0 Å². The summed E-state index contributed by atoms with van der Waals surface area (Å²) in [5.41, 5.74) is 2.27. The fourth-order valence-corrected chi connectivity index (χ4v) is 7.84. The summed E-state index contributed by atoms with van der Waals surface area (Å²) in [7, 11) is 0. The molecule has 1 aromatic rings. The largest absolute Gasteiger partial charge is 0.393 e. The Morgan fingerprint density at radius 1 is 1.00 bits per heavy atom. The SMILES string of the molecule is O=C(N1CC=C(c2ccccc2)CC1)N1CCC[C@H](NC(=O)C23CC4CC(C2)C(O)C(C4)C3)C1. The van der Waals surface area contributed by atoms with Crippen LogP contribution in [0.5, 0.6) is 0 Å². The van der Waals surface area contributed by atoms with Crippen LogP contribution in [0.3, 0.4) is 0 Å². The first-order valence-electron chi connectivity index (χ1n) is 13.3. The Kier molecular flexibility index (Phi) is 5.67. The van der Waals surface area contributed by atoms with Crippen LogP contribution in [0.15, 0.2) is 36.4 Å². The van der Waals surface area contributed by atoms with E-state index in [9.17, 15) is 14.7 Å². The number of aliphatic hydroxyl groups is 1. The number of aliphatic hydroxyl groups excluding tert-OH is 1. The molecule has 3 atom stereocenters. The van der Waals surface area contributed by atoms with Crippen LogP contribution >= 0.6 is 0 Å². The highest BCUT2D eigenvalue weighted by Gasteiger charge is 2.58. The van der Waals surface area contributed by atoms with Gasteiger partial charge >= 0.3 is 6.03 Å². The molecule has 5 fully saturated rings. The van der Waals surface area contributed by atoms with E-state index in [-0.39, 0.29) is 29.5 Å². The third-order valence-corrected chi connectivity index (χ3v) is 9.36. The smallest absolute Gasteiger partial charge is 0.320 e. The van der Waals surface area contributed by atoms with E-state index in [1.807, 2.05) is 15.9 Å². The zero-order valence-corrected chi connectivity index (χ0v) is 20.0. The normalized spacial score (nSPS) is 36.9. The van der Waals surface area contributed by atoms with Crippen molar-refractivity contribution in [1.29, 1.82) is 0 Å². The Balaban J connectivity index is 1.06. The van der Waals surface area contributed by atoms with Gasteiger partial charge in [0, 0.05) is 32.2 Å². The Morgan fingerprint density at radius 3 is 2.47 bits per heavy atom. The molecule has 34 heavy (non-hydrogen) atoms. The number of carbonyl (C=O) groups is 2. The summed E-state index contributed by atoms with van der Waals surface area (Å²) in [6.45, 7) is 2.75. The van der Waals surface area contributed by atoms with Gasteiger partial charge in [0.1, 0.15) is 0 Å². The average Bonchev–Trinajstić information content (AvgIpc) is 2.87. The first kappa shape index (κ1) is 22.1. The number of nitrogens with zero attached hydrogens (tertiary/aromatic N) is 2. The molecule has 2 unspecified atom stereocenters.